The summed E-state index contributed by atoms with van der Waals surface area (Å²) in [5.74, 6) is 0.659. The molecule has 0 aliphatic rings. The van der Waals surface area contributed by atoms with E-state index in [0.29, 0.717) is 5.92 Å². The highest BCUT2D eigenvalue weighted by atomic mass is 14.7. The Morgan fingerprint density at radius 3 is 2.63 bits per heavy atom. The topological polar surface area (TPSA) is 15.8 Å². The molecule has 0 saturated heterocycles. The number of benzene rings is 1. The van der Waals surface area contributed by atoms with E-state index in [1.165, 1.54) is 59.7 Å². The summed E-state index contributed by atoms with van der Waals surface area (Å²) in [5, 5.41) is 1.43. The van der Waals surface area contributed by atoms with Crippen LogP contribution in [0.2, 0.25) is 0 Å². The highest BCUT2D eigenvalue weighted by Crippen LogP contribution is 2.31. The van der Waals surface area contributed by atoms with Crippen LogP contribution in [0.1, 0.15) is 68.6 Å². The van der Waals surface area contributed by atoms with Crippen LogP contribution in [-0.2, 0) is 0 Å². The summed E-state index contributed by atoms with van der Waals surface area (Å²) >= 11 is 0. The normalized spacial score (nSPS) is 13.1. The van der Waals surface area contributed by atoms with Crippen molar-refractivity contribution in [1.29, 1.82) is 0 Å². The Balaban J connectivity index is 2.16. The van der Waals surface area contributed by atoms with Crippen LogP contribution in [-0.4, -0.2) is 4.98 Å². The van der Waals surface area contributed by atoms with Crippen LogP contribution in [0.25, 0.3) is 10.9 Å². The van der Waals surface area contributed by atoms with Crippen LogP contribution in [0.4, 0.5) is 0 Å². The first-order valence-electron chi connectivity index (χ1n) is 7.71. The molecule has 1 nitrogen and oxygen atoms in total. The van der Waals surface area contributed by atoms with E-state index in [1.807, 2.05) is 0 Å². The second-order valence-corrected chi connectivity index (χ2v) is 6.00. The van der Waals surface area contributed by atoms with E-state index in [2.05, 4.69) is 51.0 Å². The summed E-state index contributed by atoms with van der Waals surface area (Å²) in [6, 6.07) is 4.59. The summed E-state index contributed by atoms with van der Waals surface area (Å²) in [4.78, 5) is 3.47. The Morgan fingerprint density at radius 1 is 1.11 bits per heavy atom. The Morgan fingerprint density at radius 2 is 1.89 bits per heavy atom. The zero-order valence-electron chi connectivity index (χ0n) is 12.8. The first kappa shape index (κ1) is 14.2. The molecule has 104 valence electrons. The minimum atomic E-state index is 0.659. The van der Waals surface area contributed by atoms with E-state index in [1.54, 1.807) is 0 Å². The lowest BCUT2D eigenvalue weighted by Crippen LogP contribution is -1.93. The Bertz CT molecular complexity index is 536. The molecule has 19 heavy (non-hydrogen) atoms. The first-order valence-corrected chi connectivity index (χ1v) is 7.71. The summed E-state index contributed by atoms with van der Waals surface area (Å²) in [7, 11) is 0. The van der Waals surface area contributed by atoms with Gasteiger partial charge >= 0.3 is 0 Å². The lowest BCUT2D eigenvalue weighted by atomic mass is 9.93. The number of hydrogen-bond donors (Lipinski definition) is 1. The Kier molecular flexibility index (Phi) is 4.68. The predicted octanol–water partition coefficient (Wildman–Crippen LogP) is 5.86. The first-order chi connectivity index (χ1) is 9.13. The molecular weight excluding hydrogens is 230 g/mol. The van der Waals surface area contributed by atoms with Crippen molar-refractivity contribution in [2.24, 2.45) is 0 Å². The monoisotopic (exact) mass is 257 g/mol. The van der Waals surface area contributed by atoms with Crippen LogP contribution in [0.3, 0.4) is 0 Å². The molecular formula is C18H27N. The van der Waals surface area contributed by atoms with Gasteiger partial charge in [0.2, 0.25) is 0 Å². The SMILES string of the molecule is CCCCCCC(C)c1c[nH]c2c(C)cc(C)cc12. The quantitative estimate of drug-likeness (QED) is 0.624. The van der Waals surface area contributed by atoms with Gasteiger partial charge in [-0.15, -0.1) is 0 Å². The maximum absolute atomic E-state index is 3.47. The average Bonchev–Trinajstić information content (AvgIpc) is 2.78. The van der Waals surface area contributed by atoms with Gasteiger partial charge in [0.05, 0.1) is 0 Å². The molecule has 1 aromatic heterocycles. The number of aryl methyl sites for hydroxylation is 2. The molecule has 1 heterocycles. The number of rotatable bonds is 6. The highest BCUT2D eigenvalue weighted by Gasteiger charge is 2.12. The molecule has 2 aromatic rings. The number of nitrogens with one attached hydrogen (secondary N) is 1. The van der Waals surface area contributed by atoms with Crippen molar-refractivity contribution in [3.63, 3.8) is 0 Å². The fraction of sp³-hybridized carbons (Fsp3) is 0.556. The Labute approximate surface area is 117 Å². The fourth-order valence-electron chi connectivity index (χ4n) is 3.06. The van der Waals surface area contributed by atoms with Gasteiger partial charge in [-0.05, 0) is 43.4 Å². The summed E-state index contributed by atoms with van der Waals surface area (Å²) in [5.41, 5.74) is 5.54. The number of fused-ring (bicyclic) bond motifs is 1. The van der Waals surface area contributed by atoms with E-state index in [4.69, 9.17) is 0 Å². The van der Waals surface area contributed by atoms with Gasteiger partial charge in [-0.3, -0.25) is 0 Å². The molecule has 1 heteroatoms. The molecule has 0 bridgehead atoms. The van der Waals surface area contributed by atoms with Crippen LogP contribution >= 0.6 is 0 Å². The van der Waals surface area contributed by atoms with Gasteiger partial charge in [0, 0.05) is 17.1 Å². The summed E-state index contributed by atoms with van der Waals surface area (Å²) < 4.78 is 0. The van der Waals surface area contributed by atoms with Gasteiger partial charge in [0.1, 0.15) is 0 Å². The Hall–Kier alpha value is -1.24. The van der Waals surface area contributed by atoms with Gasteiger partial charge in [0.25, 0.3) is 0 Å². The molecule has 0 aliphatic carbocycles. The van der Waals surface area contributed by atoms with E-state index >= 15 is 0 Å². The van der Waals surface area contributed by atoms with Gasteiger partial charge in [-0.1, -0.05) is 51.2 Å². The smallest absolute Gasteiger partial charge is 0.0486 e. The van der Waals surface area contributed by atoms with E-state index in [0.717, 1.165) is 0 Å². The average molecular weight is 257 g/mol. The molecule has 2 rings (SSSR count). The molecule has 0 radical (unpaired) electrons. The molecule has 0 spiro atoms. The van der Waals surface area contributed by atoms with Gasteiger partial charge < -0.3 is 4.98 Å². The highest BCUT2D eigenvalue weighted by molar-refractivity contribution is 5.87. The summed E-state index contributed by atoms with van der Waals surface area (Å²) in [6.07, 6.45) is 8.95. The number of H-pyrrole nitrogens is 1. The maximum atomic E-state index is 3.47. The zero-order valence-corrected chi connectivity index (χ0v) is 12.8. The van der Waals surface area contributed by atoms with Crippen molar-refractivity contribution in [3.8, 4) is 0 Å². The fourth-order valence-corrected chi connectivity index (χ4v) is 3.06. The van der Waals surface area contributed by atoms with Gasteiger partial charge in [-0.2, -0.15) is 0 Å². The lowest BCUT2D eigenvalue weighted by Gasteiger charge is -2.11. The third-order valence-corrected chi connectivity index (χ3v) is 4.18. The van der Waals surface area contributed by atoms with Crippen LogP contribution in [0, 0.1) is 13.8 Å². The van der Waals surface area contributed by atoms with Crippen LogP contribution in [0.5, 0.6) is 0 Å². The van der Waals surface area contributed by atoms with Gasteiger partial charge in [0.15, 0.2) is 0 Å². The number of aromatic amines is 1. The number of unbranched alkanes of at least 4 members (excludes halogenated alkanes) is 3. The van der Waals surface area contributed by atoms with Crippen molar-refractivity contribution < 1.29 is 0 Å². The van der Waals surface area contributed by atoms with Crippen LogP contribution < -0.4 is 0 Å². The van der Waals surface area contributed by atoms with Crippen molar-refractivity contribution in [3.05, 3.63) is 35.0 Å². The molecule has 1 atom stereocenters. The maximum Gasteiger partial charge on any atom is 0.0486 e. The number of aromatic nitrogens is 1. The zero-order chi connectivity index (χ0) is 13.8. The molecule has 1 aromatic carbocycles. The minimum absolute atomic E-state index is 0.659. The second-order valence-electron chi connectivity index (χ2n) is 6.00. The third-order valence-electron chi connectivity index (χ3n) is 4.18. The van der Waals surface area contributed by atoms with Crippen molar-refractivity contribution in [2.75, 3.05) is 0 Å². The van der Waals surface area contributed by atoms with E-state index < -0.39 is 0 Å². The van der Waals surface area contributed by atoms with Crippen molar-refractivity contribution >= 4 is 10.9 Å². The van der Waals surface area contributed by atoms with Gasteiger partial charge in [-0.25, -0.2) is 0 Å². The standard InChI is InChI=1S/C18H27N/c1-5-6-7-8-9-14(3)17-12-19-18-15(4)10-13(2)11-16(17)18/h10-12,14,19H,5-9H2,1-4H3. The second kappa shape index (κ2) is 6.27. The lowest BCUT2D eigenvalue weighted by molar-refractivity contribution is 0.582. The third kappa shape index (κ3) is 3.20. The minimum Gasteiger partial charge on any atom is -0.361 e. The van der Waals surface area contributed by atoms with Crippen LogP contribution in [0.15, 0.2) is 18.3 Å². The number of hydrogen-bond acceptors (Lipinski definition) is 0. The molecule has 0 aliphatic heterocycles. The molecule has 1 unspecified atom stereocenters. The largest absolute Gasteiger partial charge is 0.361 e. The van der Waals surface area contributed by atoms with E-state index in [-0.39, 0.29) is 0 Å². The molecule has 1 N–H and O–H groups in total. The molecule has 0 saturated carbocycles. The van der Waals surface area contributed by atoms with E-state index in [9.17, 15) is 0 Å². The molecule has 0 amide bonds. The van der Waals surface area contributed by atoms with Crippen molar-refractivity contribution in [2.45, 2.75) is 65.7 Å². The molecule has 0 fully saturated rings. The summed E-state index contributed by atoms with van der Waals surface area (Å²) in [6.45, 7) is 9.03. The predicted molar refractivity (Wildman–Crippen MR) is 84.9 cm³/mol. The van der Waals surface area contributed by atoms with Crippen molar-refractivity contribution in [1.82, 2.24) is 4.98 Å².